The Morgan fingerprint density at radius 1 is 1.03 bits per heavy atom. The Morgan fingerprint density at radius 3 is 2.34 bits per heavy atom. The molecular weight excluding hydrogens is 396 g/mol. The van der Waals surface area contributed by atoms with Gasteiger partial charge in [-0.1, -0.05) is 17.7 Å². The third-order valence-corrected chi connectivity index (χ3v) is 4.30. The highest BCUT2D eigenvalue weighted by molar-refractivity contribution is 6.39. The van der Waals surface area contributed by atoms with Gasteiger partial charge in [-0.15, -0.1) is 0 Å². The van der Waals surface area contributed by atoms with E-state index in [1.807, 2.05) is 13.8 Å². The van der Waals surface area contributed by atoms with E-state index in [-0.39, 0.29) is 11.7 Å². The summed E-state index contributed by atoms with van der Waals surface area (Å²) in [4.78, 5) is 38.3. The topological polar surface area (TPSA) is 84.9 Å². The summed E-state index contributed by atoms with van der Waals surface area (Å²) in [5, 5.41) is 2.64. The van der Waals surface area contributed by atoms with E-state index in [1.165, 1.54) is 25.3 Å². The van der Waals surface area contributed by atoms with Crippen molar-refractivity contribution in [2.45, 2.75) is 20.0 Å². The zero-order valence-electron chi connectivity index (χ0n) is 16.1. The smallest absolute Gasteiger partial charge is 0.335 e. The van der Waals surface area contributed by atoms with E-state index in [1.54, 1.807) is 30.3 Å². The average molecular weight is 415 g/mol. The van der Waals surface area contributed by atoms with E-state index in [0.29, 0.717) is 27.8 Å². The summed E-state index contributed by atoms with van der Waals surface area (Å²) in [5.74, 6) is -0.501. The van der Waals surface area contributed by atoms with Crippen LogP contribution in [0.15, 0.2) is 48.0 Å². The van der Waals surface area contributed by atoms with Crippen LogP contribution in [0.2, 0.25) is 5.02 Å². The predicted octanol–water partition coefficient (Wildman–Crippen LogP) is 3.80. The van der Waals surface area contributed by atoms with Crippen molar-refractivity contribution < 1.29 is 23.9 Å². The van der Waals surface area contributed by atoms with Gasteiger partial charge in [-0.3, -0.25) is 14.9 Å². The molecule has 1 aliphatic heterocycles. The van der Waals surface area contributed by atoms with Crippen molar-refractivity contribution in [1.29, 1.82) is 0 Å². The molecule has 1 N–H and O–H groups in total. The first-order valence-electron chi connectivity index (χ1n) is 8.82. The van der Waals surface area contributed by atoms with Gasteiger partial charge in [-0.25, -0.2) is 9.69 Å². The number of methoxy groups -OCH3 is 1. The van der Waals surface area contributed by atoms with Crippen molar-refractivity contribution in [3.8, 4) is 11.5 Å². The second-order valence-electron chi connectivity index (χ2n) is 6.51. The standard InChI is InChI=1S/C21H19ClN2O5/c1-12(2)29-17-9-4-13(11-18(17)28-3)10-16-19(25)23-21(27)24(20(16)26)15-7-5-14(22)6-8-15/h4-12H,1-3H3,(H,23,25,27)/b16-10+. The van der Waals surface area contributed by atoms with Crippen molar-refractivity contribution in [2.24, 2.45) is 0 Å². The van der Waals surface area contributed by atoms with Gasteiger partial charge in [0.15, 0.2) is 11.5 Å². The molecule has 0 atom stereocenters. The molecule has 29 heavy (non-hydrogen) atoms. The zero-order valence-corrected chi connectivity index (χ0v) is 16.8. The third-order valence-electron chi connectivity index (χ3n) is 4.05. The van der Waals surface area contributed by atoms with Crippen molar-refractivity contribution in [1.82, 2.24) is 5.32 Å². The maximum atomic E-state index is 12.9. The first-order valence-corrected chi connectivity index (χ1v) is 9.19. The molecule has 1 fully saturated rings. The number of ether oxygens (including phenoxy) is 2. The van der Waals surface area contributed by atoms with Crippen LogP contribution >= 0.6 is 11.6 Å². The highest BCUT2D eigenvalue weighted by Gasteiger charge is 2.36. The molecule has 1 aliphatic rings. The van der Waals surface area contributed by atoms with Crippen LogP contribution in [0.4, 0.5) is 10.5 Å². The van der Waals surface area contributed by atoms with Crippen LogP contribution in [0.3, 0.4) is 0 Å². The number of rotatable bonds is 5. The Bertz CT molecular complexity index is 999. The number of hydrogen-bond acceptors (Lipinski definition) is 5. The van der Waals surface area contributed by atoms with Crippen molar-refractivity contribution in [3.63, 3.8) is 0 Å². The lowest BCUT2D eigenvalue weighted by atomic mass is 10.1. The SMILES string of the molecule is COc1cc(/C=C2\C(=O)NC(=O)N(c3ccc(Cl)cc3)C2=O)ccc1OC(C)C. The van der Waals surface area contributed by atoms with Crippen LogP contribution in [-0.2, 0) is 9.59 Å². The quantitative estimate of drug-likeness (QED) is 0.594. The van der Waals surface area contributed by atoms with Gasteiger partial charge in [0.1, 0.15) is 5.57 Å². The molecule has 0 unspecified atom stereocenters. The number of nitrogens with zero attached hydrogens (tertiary/aromatic N) is 1. The fraction of sp³-hybridized carbons (Fsp3) is 0.190. The molecule has 0 aliphatic carbocycles. The third kappa shape index (κ3) is 4.41. The molecular formula is C21H19ClN2O5. The van der Waals surface area contributed by atoms with Crippen molar-refractivity contribution in [2.75, 3.05) is 12.0 Å². The molecule has 3 rings (SSSR count). The van der Waals surface area contributed by atoms with Crippen LogP contribution in [-0.4, -0.2) is 31.1 Å². The maximum absolute atomic E-state index is 12.9. The van der Waals surface area contributed by atoms with Gasteiger partial charge in [0.2, 0.25) is 0 Å². The van der Waals surface area contributed by atoms with Gasteiger partial charge in [-0.2, -0.15) is 0 Å². The number of imide groups is 2. The van der Waals surface area contributed by atoms with Gasteiger partial charge >= 0.3 is 6.03 Å². The molecule has 0 aromatic heterocycles. The number of amides is 4. The van der Waals surface area contributed by atoms with E-state index >= 15 is 0 Å². The molecule has 1 heterocycles. The van der Waals surface area contributed by atoms with Crippen molar-refractivity contribution >= 4 is 41.2 Å². The Balaban J connectivity index is 1.97. The van der Waals surface area contributed by atoms with E-state index < -0.39 is 17.8 Å². The lowest BCUT2D eigenvalue weighted by Crippen LogP contribution is -2.54. The van der Waals surface area contributed by atoms with E-state index in [2.05, 4.69) is 5.32 Å². The normalized spacial score (nSPS) is 15.7. The lowest BCUT2D eigenvalue weighted by Gasteiger charge is -2.26. The number of halogens is 1. The fourth-order valence-electron chi connectivity index (χ4n) is 2.77. The number of anilines is 1. The number of hydrogen-bond donors (Lipinski definition) is 1. The number of carbonyl (C=O) groups excluding carboxylic acids is 3. The molecule has 2 aromatic carbocycles. The second kappa shape index (κ2) is 8.36. The van der Waals surface area contributed by atoms with Gasteiger partial charge in [0.25, 0.3) is 11.8 Å². The monoisotopic (exact) mass is 414 g/mol. The molecule has 0 spiro atoms. The van der Waals surface area contributed by atoms with E-state index in [4.69, 9.17) is 21.1 Å². The fourth-order valence-corrected chi connectivity index (χ4v) is 2.90. The van der Waals surface area contributed by atoms with Crippen LogP contribution in [0.5, 0.6) is 11.5 Å². The molecule has 7 nitrogen and oxygen atoms in total. The van der Waals surface area contributed by atoms with Crippen LogP contribution < -0.4 is 19.7 Å². The first kappa shape index (κ1) is 20.4. The number of benzene rings is 2. The summed E-state index contributed by atoms with van der Waals surface area (Å²) in [6.07, 6.45) is 1.35. The summed E-state index contributed by atoms with van der Waals surface area (Å²) in [6.45, 7) is 3.78. The predicted molar refractivity (Wildman–Crippen MR) is 109 cm³/mol. The summed E-state index contributed by atoms with van der Waals surface area (Å²) >= 11 is 5.86. The molecule has 8 heteroatoms. The molecule has 0 bridgehead atoms. The van der Waals surface area contributed by atoms with Gasteiger partial charge in [0.05, 0.1) is 18.9 Å². The number of urea groups is 1. The summed E-state index contributed by atoms with van der Waals surface area (Å²) in [5.41, 5.74) is 0.662. The van der Waals surface area contributed by atoms with Gasteiger partial charge in [-0.05, 0) is 61.9 Å². The number of nitrogens with one attached hydrogen (secondary N) is 1. The first-order chi connectivity index (χ1) is 13.8. The molecule has 2 aromatic rings. The Hall–Kier alpha value is -3.32. The average Bonchev–Trinajstić information content (AvgIpc) is 2.67. The minimum Gasteiger partial charge on any atom is -0.493 e. The van der Waals surface area contributed by atoms with Crippen molar-refractivity contribution in [3.05, 3.63) is 58.6 Å². The highest BCUT2D eigenvalue weighted by atomic mass is 35.5. The zero-order chi connectivity index (χ0) is 21.1. The molecule has 1 saturated heterocycles. The Labute approximate surface area is 172 Å². The summed E-state index contributed by atoms with van der Waals surface area (Å²) in [6, 6.07) is 10.4. The molecule has 0 saturated carbocycles. The Kier molecular flexibility index (Phi) is 5.89. The van der Waals surface area contributed by atoms with Crippen LogP contribution in [0.1, 0.15) is 19.4 Å². The van der Waals surface area contributed by atoms with Crippen LogP contribution in [0, 0.1) is 0 Å². The highest BCUT2D eigenvalue weighted by Crippen LogP contribution is 2.30. The summed E-state index contributed by atoms with van der Waals surface area (Å²) in [7, 11) is 1.50. The Morgan fingerprint density at radius 2 is 1.72 bits per heavy atom. The van der Waals surface area contributed by atoms with Crippen LogP contribution in [0.25, 0.3) is 6.08 Å². The molecule has 4 amide bonds. The number of carbonyl (C=O) groups is 3. The van der Waals surface area contributed by atoms with Gasteiger partial charge < -0.3 is 9.47 Å². The largest absolute Gasteiger partial charge is 0.493 e. The minimum atomic E-state index is -0.822. The van der Waals surface area contributed by atoms with Gasteiger partial charge in [0, 0.05) is 5.02 Å². The second-order valence-corrected chi connectivity index (χ2v) is 6.95. The van der Waals surface area contributed by atoms with E-state index in [9.17, 15) is 14.4 Å². The minimum absolute atomic E-state index is 0.0437. The molecule has 150 valence electrons. The lowest BCUT2D eigenvalue weighted by molar-refractivity contribution is -0.122. The summed E-state index contributed by atoms with van der Waals surface area (Å²) < 4.78 is 11.0. The maximum Gasteiger partial charge on any atom is 0.335 e. The molecule has 0 radical (unpaired) electrons. The number of barbiturate groups is 1. The van der Waals surface area contributed by atoms with E-state index in [0.717, 1.165) is 4.90 Å².